The van der Waals surface area contributed by atoms with Gasteiger partial charge in [0.2, 0.25) is 5.89 Å². The molecule has 3 heterocycles. The van der Waals surface area contributed by atoms with Crippen LogP contribution >= 0.6 is 34.5 Å². The average Bonchev–Trinajstić information content (AvgIpc) is 3.50. The summed E-state index contributed by atoms with van der Waals surface area (Å²) < 4.78 is 101. The van der Waals surface area contributed by atoms with Crippen LogP contribution in [0.3, 0.4) is 0 Å². The van der Waals surface area contributed by atoms with Gasteiger partial charge in [0.1, 0.15) is 6.17 Å². The van der Waals surface area contributed by atoms with Gasteiger partial charge in [0.25, 0.3) is 11.5 Å². The number of aliphatic carboxylic acids is 1. The highest BCUT2D eigenvalue weighted by molar-refractivity contribution is 7.18. The summed E-state index contributed by atoms with van der Waals surface area (Å²) in [5, 5.41) is 25.2. The molecule has 3 aromatic rings. The number of likely N-dealkylation sites (tertiary alicyclic amines) is 1. The van der Waals surface area contributed by atoms with Crippen molar-refractivity contribution >= 4 is 40.5 Å². The Labute approximate surface area is 253 Å². The van der Waals surface area contributed by atoms with Crippen molar-refractivity contribution in [2.24, 2.45) is 5.41 Å². The summed E-state index contributed by atoms with van der Waals surface area (Å²) in [6, 6.07) is 1.22. The molecule has 0 saturated carbocycles. The lowest BCUT2D eigenvalue weighted by atomic mass is 9.90. The van der Waals surface area contributed by atoms with Crippen LogP contribution in [0.1, 0.15) is 43.8 Å². The minimum absolute atomic E-state index is 0.0179. The summed E-state index contributed by atoms with van der Waals surface area (Å²) in [4.78, 5) is 17.8. The number of benzene rings is 1. The number of hydrogen-bond acceptors (Lipinski definition) is 8. The topological polar surface area (TPSA) is 113 Å². The van der Waals surface area contributed by atoms with E-state index in [9.17, 15) is 45.7 Å². The minimum Gasteiger partial charge on any atom is -0.481 e. The molecule has 1 saturated heterocycles. The molecule has 0 amide bonds. The molecule has 8 nitrogen and oxygen atoms in total. The SMILES string of the molecule is CC(C)(Cc1nnc(-c2nc(CN3CCCC(F)C3)c(-c3ccc(C(O)(C(F)(F)F)C(F)(F)F)c(Cl)c3Cl)s2)o1)C(=O)O. The molecule has 2 N–H and O–H groups in total. The number of carboxylic acids is 1. The number of alkyl halides is 7. The van der Waals surface area contributed by atoms with Gasteiger partial charge in [-0.2, -0.15) is 26.3 Å². The van der Waals surface area contributed by atoms with E-state index in [2.05, 4.69) is 15.2 Å². The normalized spacial score (nSPS) is 17.4. The molecule has 236 valence electrons. The van der Waals surface area contributed by atoms with Gasteiger partial charge < -0.3 is 14.6 Å². The van der Waals surface area contributed by atoms with Crippen LogP contribution in [0.15, 0.2) is 16.5 Å². The summed E-state index contributed by atoms with van der Waals surface area (Å²) in [6.07, 6.45) is -12.7. The van der Waals surface area contributed by atoms with Crippen LogP contribution in [0.4, 0.5) is 30.7 Å². The van der Waals surface area contributed by atoms with Gasteiger partial charge >= 0.3 is 18.3 Å². The molecule has 1 aliphatic rings. The molecular formula is C25H23Cl2F7N4O4S. The largest absolute Gasteiger partial charge is 0.481 e. The van der Waals surface area contributed by atoms with E-state index in [-0.39, 0.29) is 52.4 Å². The van der Waals surface area contributed by atoms with Crippen LogP contribution in [0.2, 0.25) is 10.0 Å². The fraction of sp³-hybridized carbons (Fsp3) is 0.520. The van der Waals surface area contributed by atoms with E-state index in [0.29, 0.717) is 25.5 Å². The third-order valence-electron chi connectivity index (χ3n) is 6.88. The molecule has 1 aromatic carbocycles. The Hall–Kier alpha value is -2.53. The van der Waals surface area contributed by atoms with Gasteiger partial charge in [-0.25, -0.2) is 9.37 Å². The molecule has 1 aliphatic heterocycles. The lowest BCUT2D eigenvalue weighted by Crippen LogP contribution is -2.54. The highest BCUT2D eigenvalue weighted by atomic mass is 35.5. The predicted molar refractivity (Wildman–Crippen MR) is 141 cm³/mol. The molecule has 43 heavy (non-hydrogen) atoms. The third-order valence-corrected chi connectivity index (χ3v) is 8.88. The fourth-order valence-electron chi connectivity index (χ4n) is 4.45. The summed E-state index contributed by atoms with van der Waals surface area (Å²) in [7, 11) is 0. The highest BCUT2D eigenvalue weighted by Gasteiger charge is 2.72. The van der Waals surface area contributed by atoms with Crippen molar-refractivity contribution in [3.8, 4) is 21.3 Å². The van der Waals surface area contributed by atoms with Crippen molar-refractivity contribution in [1.29, 1.82) is 0 Å². The van der Waals surface area contributed by atoms with Crippen molar-refractivity contribution in [2.45, 2.75) is 63.8 Å². The molecule has 0 radical (unpaired) electrons. The van der Waals surface area contributed by atoms with E-state index in [1.54, 1.807) is 4.90 Å². The van der Waals surface area contributed by atoms with Crippen LogP contribution in [-0.4, -0.2) is 67.9 Å². The molecule has 1 atom stereocenters. The maximum atomic E-state index is 14.1. The Morgan fingerprint density at radius 2 is 1.77 bits per heavy atom. The summed E-state index contributed by atoms with van der Waals surface area (Å²) in [6.45, 7) is 3.45. The second-order valence-electron chi connectivity index (χ2n) is 10.6. The molecule has 0 aliphatic carbocycles. The second kappa shape index (κ2) is 11.8. The van der Waals surface area contributed by atoms with Gasteiger partial charge in [0.15, 0.2) is 5.01 Å². The fourth-order valence-corrected chi connectivity index (χ4v) is 6.09. The smallest absolute Gasteiger partial charge is 0.430 e. The van der Waals surface area contributed by atoms with Crippen molar-refractivity contribution in [1.82, 2.24) is 20.1 Å². The van der Waals surface area contributed by atoms with E-state index in [1.807, 2.05) is 0 Å². The highest BCUT2D eigenvalue weighted by Crippen LogP contribution is 2.54. The first-order valence-corrected chi connectivity index (χ1v) is 14.1. The zero-order valence-electron chi connectivity index (χ0n) is 22.3. The first-order chi connectivity index (χ1) is 19.8. The maximum Gasteiger partial charge on any atom is 0.430 e. The van der Waals surface area contributed by atoms with E-state index in [0.717, 1.165) is 17.4 Å². The van der Waals surface area contributed by atoms with E-state index in [1.165, 1.54) is 13.8 Å². The number of hydrogen-bond donors (Lipinski definition) is 2. The van der Waals surface area contributed by atoms with E-state index >= 15 is 0 Å². The predicted octanol–water partition coefficient (Wildman–Crippen LogP) is 7.07. The molecule has 1 fully saturated rings. The van der Waals surface area contributed by atoms with Gasteiger partial charge in [-0.1, -0.05) is 35.3 Å². The molecule has 4 rings (SSSR count). The lowest BCUT2D eigenvalue weighted by molar-refractivity contribution is -0.376. The van der Waals surface area contributed by atoms with Gasteiger partial charge in [0, 0.05) is 30.6 Å². The number of thiazole rings is 1. The first kappa shape index (κ1) is 33.4. The van der Waals surface area contributed by atoms with Gasteiger partial charge in [-0.15, -0.1) is 21.5 Å². The summed E-state index contributed by atoms with van der Waals surface area (Å²) in [5.74, 6) is -1.28. The number of piperidine rings is 1. The Balaban J connectivity index is 1.81. The van der Waals surface area contributed by atoms with Crippen molar-refractivity contribution in [3.05, 3.63) is 39.3 Å². The number of aliphatic hydroxyl groups is 1. The summed E-state index contributed by atoms with van der Waals surface area (Å²) in [5.41, 5.74) is -8.17. The number of carbonyl (C=O) groups is 1. The number of carboxylic acid groups (broad SMARTS) is 1. The Bertz CT molecular complexity index is 1500. The zero-order chi connectivity index (χ0) is 32.1. The maximum absolute atomic E-state index is 14.1. The van der Waals surface area contributed by atoms with Crippen molar-refractivity contribution in [2.75, 3.05) is 13.1 Å². The summed E-state index contributed by atoms with van der Waals surface area (Å²) >= 11 is 13.1. The van der Waals surface area contributed by atoms with E-state index in [4.69, 9.17) is 27.6 Å². The average molecular weight is 679 g/mol. The molecule has 1 unspecified atom stereocenters. The number of nitrogens with zero attached hydrogens (tertiary/aromatic N) is 4. The van der Waals surface area contributed by atoms with Crippen LogP contribution in [-0.2, 0) is 23.4 Å². The van der Waals surface area contributed by atoms with Crippen LogP contribution in [0, 0.1) is 5.41 Å². The molecule has 2 aromatic heterocycles. The Morgan fingerprint density at radius 3 is 2.35 bits per heavy atom. The number of aromatic nitrogens is 3. The Morgan fingerprint density at radius 1 is 1.12 bits per heavy atom. The molecular weight excluding hydrogens is 656 g/mol. The molecule has 0 spiro atoms. The number of rotatable bonds is 8. The monoisotopic (exact) mass is 678 g/mol. The van der Waals surface area contributed by atoms with Gasteiger partial charge in [-0.3, -0.25) is 9.69 Å². The minimum atomic E-state index is -6.19. The zero-order valence-corrected chi connectivity index (χ0v) is 24.6. The van der Waals surface area contributed by atoms with Gasteiger partial charge in [0.05, 0.1) is 26.0 Å². The standard InChI is InChI=1S/C25H23Cl2F7N4O4S/c1-22(2,21(39)40)8-15-36-37-19(42-15)20-35-14(10-38-7-3-4-11(28)9-38)18(43-20)12-5-6-13(17(27)16(12)26)23(41,24(29,30)31)25(32,33)34/h5-6,11,41H,3-4,7-10H2,1-2H3,(H,39,40). The quantitative estimate of drug-likeness (QED) is 0.244. The van der Waals surface area contributed by atoms with Crippen molar-refractivity contribution in [3.63, 3.8) is 0 Å². The second-order valence-corrected chi connectivity index (χ2v) is 12.4. The molecule has 0 bridgehead atoms. The van der Waals surface area contributed by atoms with Crippen molar-refractivity contribution < 1.29 is 50.2 Å². The van der Waals surface area contributed by atoms with E-state index < -0.39 is 51.1 Å². The van der Waals surface area contributed by atoms with Crippen LogP contribution < -0.4 is 0 Å². The van der Waals surface area contributed by atoms with Gasteiger partial charge in [-0.05, 0) is 33.2 Å². The van der Waals surface area contributed by atoms with Crippen LogP contribution in [0.25, 0.3) is 21.3 Å². The Kier molecular flexibility index (Phi) is 9.13. The number of halogens is 9. The third kappa shape index (κ3) is 6.48. The molecule has 18 heteroatoms. The lowest BCUT2D eigenvalue weighted by Gasteiger charge is -2.33. The first-order valence-electron chi connectivity index (χ1n) is 12.5. The van der Waals surface area contributed by atoms with Crippen LogP contribution in [0.5, 0.6) is 0 Å².